The van der Waals surface area contributed by atoms with E-state index in [2.05, 4.69) is 11.8 Å². The molecule has 0 aliphatic rings. The molecule has 5 heteroatoms. The molecule has 0 fully saturated rings. The number of hydrogen-bond donors (Lipinski definition) is 2. The molecule has 0 heterocycles. The van der Waals surface area contributed by atoms with Gasteiger partial charge < -0.3 is 10.8 Å². The van der Waals surface area contributed by atoms with Gasteiger partial charge >= 0.3 is 0 Å². The Labute approximate surface area is 73.2 Å². The van der Waals surface area contributed by atoms with Gasteiger partial charge in [0.1, 0.15) is 6.54 Å². The van der Waals surface area contributed by atoms with Crippen LogP contribution in [0.15, 0.2) is 17.8 Å². The highest BCUT2D eigenvalue weighted by atomic mass is 16.3. The van der Waals surface area contributed by atoms with Gasteiger partial charge in [-0.15, -0.1) is 6.58 Å². The van der Waals surface area contributed by atoms with Crippen LogP contribution in [-0.4, -0.2) is 31.6 Å². The molecule has 0 aromatic rings. The van der Waals surface area contributed by atoms with Crippen molar-refractivity contribution >= 4 is 7.85 Å². The van der Waals surface area contributed by atoms with Crippen molar-refractivity contribution in [1.82, 2.24) is 0 Å². The molecule has 0 aromatic heterocycles. The van der Waals surface area contributed by atoms with Gasteiger partial charge in [-0.2, -0.15) is 4.91 Å². The first-order chi connectivity index (χ1) is 5.61. The third-order valence-electron chi connectivity index (χ3n) is 1.60. The van der Waals surface area contributed by atoms with Crippen LogP contribution in [0.5, 0.6) is 0 Å². The fourth-order valence-corrected chi connectivity index (χ4v) is 0.779. The zero-order chi connectivity index (χ0) is 9.56. The van der Waals surface area contributed by atoms with Crippen LogP contribution in [0, 0.1) is 4.91 Å². The lowest BCUT2D eigenvalue weighted by Gasteiger charge is -2.18. The Morgan fingerprint density at radius 2 is 2.33 bits per heavy atom. The zero-order valence-electron chi connectivity index (χ0n) is 6.89. The highest BCUT2D eigenvalue weighted by Gasteiger charge is 2.15. The van der Waals surface area contributed by atoms with Crippen molar-refractivity contribution in [2.45, 2.75) is 24.4 Å². The minimum absolute atomic E-state index is 0.189. The van der Waals surface area contributed by atoms with Crippen molar-refractivity contribution < 1.29 is 5.11 Å². The maximum Gasteiger partial charge on any atom is 0.107 e. The van der Waals surface area contributed by atoms with Gasteiger partial charge in [-0.05, 0) is 12.2 Å². The fraction of sp³-hybridized carbons (Fsp3) is 0.714. The Balaban J connectivity index is 3.76. The second-order valence-corrected chi connectivity index (χ2v) is 2.68. The average Bonchev–Trinajstić information content (AvgIpc) is 2.04. The second-order valence-electron chi connectivity index (χ2n) is 2.68. The van der Waals surface area contributed by atoms with E-state index in [-0.39, 0.29) is 12.6 Å². The van der Waals surface area contributed by atoms with Crippen molar-refractivity contribution in [3.63, 3.8) is 0 Å². The third kappa shape index (κ3) is 4.25. The minimum Gasteiger partial charge on any atom is -0.392 e. The predicted octanol–water partition coefficient (Wildman–Crippen LogP) is -0.0259. The number of nitroso groups, excluding NO2 is 1. The van der Waals surface area contributed by atoms with Crippen molar-refractivity contribution in [2.75, 3.05) is 6.54 Å². The Bertz CT molecular complexity index is 154. The van der Waals surface area contributed by atoms with E-state index in [1.54, 1.807) is 6.08 Å². The number of rotatable bonds is 6. The minimum atomic E-state index is -0.909. The van der Waals surface area contributed by atoms with Gasteiger partial charge in [-0.25, -0.2) is 0 Å². The van der Waals surface area contributed by atoms with Crippen LogP contribution in [0.2, 0.25) is 5.82 Å². The monoisotopic (exact) mass is 168 g/mol. The summed E-state index contributed by atoms with van der Waals surface area (Å²) >= 11 is 0. The summed E-state index contributed by atoms with van der Waals surface area (Å²) in [5.74, 6) is -0.518. The molecule has 0 amide bonds. The lowest BCUT2D eigenvalue weighted by Crippen LogP contribution is -2.26. The molecule has 0 spiro atoms. The van der Waals surface area contributed by atoms with Crippen molar-refractivity contribution in [2.24, 2.45) is 10.9 Å². The van der Waals surface area contributed by atoms with Gasteiger partial charge in [0.15, 0.2) is 0 Å². The Morgan fingerprint density at radius 3 is 2.75 bits per heavy atom. The van der Waals surface area contributed by atoms with Crippen LogP contribution in [0.4, 0.5) is 0 Å². The summed E-state index contributed by atoms with van der Waals surface area (Å²) in [6.07, 6.45) is 1.04. The van der Waals surface area contributed by atoms with Crippen LogP contribution in [0.3, 0.4) is 0 Å². The van der Waals surface area contributed by atoms with E-state index in [4.69, 9.17) is 18.7 Å². The maximum atomic E-state index is 9.76. The van der Waals surface area contributed by atoms with Gasteiger partial charge in [-0.3, -0.25) is 0 Å². The first-order valence-electron chi connectivity index (χ1n) is 3.72. The highest BCUT2D eigenvalue weighted by Crippen LogP contribution is 2.14. The first-order valence-corrected chi connectivity index (χ1v) is 3.72. The van der Waals surface area contributed by atoms with E-state index in [9.17, 15) is 4.91 Å². The predicted molar refractivity (Wildman–Crippen MR) is 49.0 cm³/mol. The van der Waals surface area contributed by atoms with Crippen molar-refractivity contribution in [3.8, 4) is 0 Å². The van der Waals surface area contributed by atoms with Crippen LogP contribution in [0.25, 0.3) is 0 Å². The second kappa shape index (κ2) is 5.91. The van der Waals surface area contributed by atoms with Gasteiger partial charge in [0, 0.05) is 6.04 Å². The summed E-state index contributed by atoms with van der Waals surface area (Å²) in [5.41, 5.74) is 5.49. The molecule has 0 aromatic carbocycles. The molecule has 4 nitrogen and oxygen atoms in total. The van der Waals surface area contributed by atoms with E-state index in [0.717, 1.165) is 0 Å². The van der Waals surface area contributed by atoms with E-state index in [0.29, 0.717) is 6.42 Å². The first kappa shape index (κ1) is 11.3. The molecule has 3 atom stereocenters. The molecule has 0 saturated heterocycles. The van der Waals surface area contributed by atoms with Crippen LogP contribution in [-0.2, 0) is 0 Å². The summed E-state index contributed by atoms with van der Waals surface area (Å²) in [7, 11) is 5.50. The van der Waals surface area contributed by atoms with Gasteiger partial charge in [0.25, 0.3) is 0 Å². The summed E-state index contributed by atoms with van der Waals surface area (Å²) in [5, 5.41) is 11.7. The third-order valence-corrected chi connectivity index (χ3v) is 1.60. The lowest BCUT2D eigenvalue weighted by atomic mass is 9.78. The van der Waals surface area contributed by atoms with Crippen LogP contribution < -0.4 is 5.73 Å². The highest BCUT2D eigenvalue weighted by molar-refractivity contribution is 6.12. The SMILES string of the molecule is [B][C@@H](C[C@H](N)C=C)[C@H](O)CN=O. The molecule has 0 aliphatic carbocycles. The molecular weight excluding hydrogens is 155 g/mol. The molecule has 0 rings (SSSR count). The van der Waals surface area contributed by atoms with Gasteiger partial charge in [-0.1, -0.05) is 11.3 Å². The topological polar surface area (TPSA) is 75.7 Å². The molecule has 2 radical (unpaired) electrons. The fourth-order valence-electron chi connectivity index (χ4n) is 0.779. The quantitative estimate of drug-likeness (QED) is 0.332. The molecule has 0 unspecified atom stereocenters. The normalized spacial score (nSPS) is 17.8. The summed E-state index contributed by atoms with van der Waals surface area (Å²) in [6, 6.07) is -0.249. The van der Waals surface area contributed by atoms with E-state index in [1.165, 1.54) is 0 Å². The van der Waals surface area contributed by atoms with E-state index < -0.39 is 11.9 Å². The summed E-state index contributed by atoms with van der Waals surface area (Å²) < 4.78 is 0. The van der Waals surface area contributed by atoms with Crippen molar-refractivity contribution in [3.05, 3.63) is 17.6 Å². The molecule has 0 saturated carbocycles. The van der Waals surface area contributed by atoms with Crippen LogP contribution >= 0.6 is 0 Å². The van der Waals surface area contributed by atoms with E-state index >= 15 is 0 Å². The van der Waals surface area contributed by atoms with Gasteiger partial charge in [0.05, 0.1) is 14.0 Å². The van der Waals surface area contributed by atoms with Crippen LogP contribution in [0.1, 0.15) is 6.42 Å². The van der Waals surface area contributed by atoms with Crippen molar-refractivity contribution in [1.29, 1.82) is 0 Å². The van der Waals surface area contributed by atoms with Gasteiger partial charge in [0.2, 0.25) is 0 Å². The number of aliphatic hydroxyl groups is 1. The smallest absolute Gasteiger partial charge is 0.107 e. The molecule has 66 valence electrons. The molecule has 0 aliphatic heterocycles. The largest absolute Gasteiger partial charge is 0.392 e. The Hall–Kier alpha value is -0.675. The standard InChI is InChI=1S/C7H13BN2O2/c1-2-5(9)3-6(8)7(11)4-10-12/h2,5-7,11H,1,3-4,9H2/t5-,6+,7-/m1/s1. The number of aliphatic hydroxyl groups excluding tert-OH is 1. The molecule has 12 heavy (non-hydrogen) atoms. The summed E-state index contributed by atoms with van der Waals surface area (Å²) in [6.45, 7) is 3.28. The molecule has 0 bridgehead atoms. The lowest BCUT2D eigenvalue weighted by molar-refractivity contribution is 0.169. The van der Waals surface area contributed by atoms with E-state index in [1.807, 2.05) is 0 Å². The number of nitrogens with zero attached hydrogens (tertiary/aromatic N) is 1. The number of nitrogens with two attached hydrogens (primary N) is 1. The molecule has 3 N–H and O–H groups in total. The zero-order valence-corrected chi connectivity index (χ0v) is 6.89. The Kier molecular flexibility index (Phi) is 5.58. The Morgan fingerprint density at radius 1 is 1.75 bits per heavy atom. The average molecular weight is 168 g/mol. The maximum absolute atomic E-state index is 9.76. The molecular formula is C7H13BN2O2. The number of hydrogen-bond acceptors (Lipinski definition) is 4. The summed E-state index contributed by atoms with van der Waals surface area (Å²) in [4.78, 5) is 9.76.